The molecule has 1 atom stereocenters. The van der Waals surface area contributed by atoms with Crippen molar-refractivity contribution in [3.63, 3.8) is 0 Å². The maximum Gasteiger partial charge on any atom is 0.330 e. The molecule has 5 nitrogen and oxygen atoms in total. The molecule has 1 aromatic rings. The summed E-state index contributed by atoms with van der Waals surface area (Å²) < 4.78 is 4.45. The van der Waals surface area contributed by atoms with E-state index < -0.39 is 24.5 Å². The number of esters is 1. The molecule has 0 aromatic heterocycles. The van der Waals surface area contributed by atoms with Crippen LogP contribution < -0.4 is 5.32 Å². The van der Waals surface area contributed by atoms with Crippen LogP contribution in [-0.2, 0) is 9.53 Å². The van der Waals surface area contributed by atoms with Gasteiger partial charge in [0.15, 0.2) is 6.04 Å². The number of rotatable bonds is 4. The van der Waals surface area contributed by atoms with Gasteiger partial charge in [-0.25, -0.2) is 4.79 Å². The monoisotopic (exact) mass is 271 g/mol. The predicted octanol–water partition coefficient (Wildman–Crippen LogP) is 0.912. The Hall–Kier alpha value is -1.59. The number of carbonyl (C=O) groups is 2. The Morgan fingerprint density at radius 1 is 1.44 bits per heavy atom. The van der Waals surface area contributed by atoms with E-state index in [1.54, 1.807) is 19.1 Å². The van der Waals surface area contributed by atoms with Crippen LogP contribution in [0.3, 0.4) is 0 Å². The lowest BCUT2D eigenvalue weighted by Crippen LogP contribution is -2.44. The fraction of sp³-hybridized carbons (Fsp3) is 0.333. The van der Waals surface area contributed by atoms with E-state index in [0.29, 0.717) is 10.6 Å². The lowest BCUT2D eigenvalue weighted by Gasteiger charge is -2.14. The van der Waals surface area contributed by atoms with Gasteiger partial charge in [0.25, 0.3) is 5.91 Å². The van der Waals surface area contributed by atoms with Crippen LogP contribution in [0.5, 0.6) is 0 Å². The molecule has 0 saturated carbocycles. The molecule has 0 unspecified atom stereocenters. The zero-order valence-corrected chi connectivity index (χ0v) is 10.8. The van der Waals surface area contributed by atoms with E-state index in [2.05, 4.69) is 10.1 Å². The number of benzene rings is 1. The van der Waals surface area contributed by atoms with Crippen molar-refractivity contribution in [3.05, 3.63) is 34.3 Å². The molecule has 1 amide bonds. The highest BCUT2D eigenvalue weighted by Crippen LogP contribution is 2.14. The molecule has 0 aliphatic rings. The number of ether oxygens (including phenoxy) is 1. The summed E-state index contributed by atoms with van der Waals surface area (Å²) in [6, 6.07) is 3.74. The van der Waals surface area contributed by atoms with Crippen LogP contribution in [-0.4, -0.2) is 36.7 Å². The second-order valence-electron chi connectivity index (χ2n) is 3.75. The molecule has 2 N–H and O–H groups in total. The molecule has 0 aliphatic heterocycles. The molecule has 0 heterocycles. The fourth-order valence-corrected chi connectivity index (χ4v) is 1.72. The summed E-state index contributed by atoms with van der Waals surface area (Å²) in [5.41, 5.74) is 1.15. The number of aliphatic hydroxyl groups excluding tert-OH is 1. The van der Waals surface area contributed by atoms with Crippen molar-refractivity contribution in [2.75, 3.05) is 13.7 Å². The Labute approximate surface area is 110 Å². The highest BCUT2D eigenvalue weighted by molar-refractivity contribution is 6.31. The van der Waals surface area contributed by atoms with E-state index >= 15 is 0 Å². The van der Waals surface area contributed by atoms with Gasteiger partial charge in [0.2, 0.25) is 0 Å². The molecule has 6 heteroatoms. The molecule has 98 valence electrons. The van der Waals surface area contributed by atoms with Crippen molar-refractivity contribution in [1.82, 2.24) is 5.32 Å². The topological polar surface area (TPSA) is 75.6 Å². The van der Waals surface area contributed by atoms with Crippen LogP contribution in [0.15, 0.2) is 18.2 Å². The first kappa shape index (κ1) is 14.5. The molecular formula is C12H14ClNO4. The van der Waals surface area contributed by atoms with Crippen molar-refractivity contribution < 1.29 is 19.4 Å². The number of amides is 1. The van der Waals surface area contributed by atoms with Gasteiger partial charge < -0.3 is 15.2 Å². The van der Waals surface area contributed by atoms with Gasteiger partial charge in [0, 0.05) is 10.6 Å². The zero-order chi connectivity index (χ0) is 13.7. The molecule has 0 radical (unpaired) electrons. The summed E-state index contributed by atoms with van der Waals surface area (Å²) in [6.07, 6.45) is 0. The minimum atomic E-state index is -1.08. The maximum atomic E-state index is 11.9. The van der Waals surface area contributed by atoms with Gasteiger partial charge in [-0.1, -0.05) is 11.6 Å². The first-order valence-electron chi connectivity index (χ1n) is 5.24. The molecule has 1 rings (SSSR count). The van der Waals surface area contributed by atoms with Gasteiger partial charge in [-0.05, 0) is 30.7 Å². The lowest BCUT2D eigenvalue weighted by molar-refractivity contribution is -0.143. The van der Waals surface area contributed by atoms with Gasteiger partial charge in [-0.2, -0.15) is 0 Å². The van der Waals surface area contributed by atoms with Crippen molar-refractivity contribution in [1.29, 1.82) is 0 Å². The van der Waals surface area contributed by atoms with Crippen LogP contribution >= 0.6 is 11.6 Å². The lowest BCUT2D eigenvalue weighted by atomic mass is 10.1. The zero-order valence-electron chi connectivity index (χ0n) is 10.1. The third-order valence-corrected chi connectivity index (χ3v) is 2.50. The standard InChI is InChI=1S/C12H14ClNO4/c1-7-3-8(5-9(13)4-7)11(16)14-10(6-15)12(17)18-2/h3-5,10,15H,6H2,1-2H3,(H,14,16)/t10-/m0/s1. The Kier molecular flexibility index (Phi) is 5.12. The molecular weight excluding hydrogens is 258 g/mol. The number of hydrogen-bond donors (Lipinski definition) is 2. The van der Waals surface area contributed by atoms with Crippen molar-refractivity contribution >= 4 is 23.5 Å². The van der Waals surface area contributed by atoms with Gasteiger partial charge in [-0.3, -0.25) is 4.79 Å². The van der Waals surface area contributed by atoms with Crippen LogP contribution in [0, 0.1) is 6.92 Å². The second-order valence-corrected chi connectivity index (χ2v) is 4.19. The second kappa shape index (κ2) is 6.37. The van der Waals surface area contributed by atoms with E-state index in [9.17, 15) is 9.59 Å². The van der Waals surface area contributed by atoms with Crippen LogP contribution in [0.25, 0.3) is 0 Å². The number of methoxy groups -OCH3 is 1. The summed E-state index contributed by atoms with van der Waals surface area (Å²) in [6.45, 7) is 1.27. The normalized spacial score (nSPS) is 11.8. The third kappa shape index (κ3) is 3.72. The van der Waals surface area contributed by atoms with Gasteiger partial charge in [0.1, 0.15) is 0 Å². The summed E-state index contributed by atoms with van der Waals surface area (Å²) >= 11 is 5.83. The average molecular weight is 272 g/mol. The minimum absolute atomic E-state index is 0.322. The Morgan fingerprint density at radius 3 is 2.61 bits per heavy atom. The molecule has 18 heavy (non-hydrogen) atoms. The van der Waals surface area contributed by atoms with E-state index in [0.717, 1.165) is 5.56 Å². The van der Waals surface area contributed by atoms with E-state index in [1.807, 2.05) is 0 Å². The van der Waals surface area contributed by atoms with Crippen molar-refractivity contribution in [3.8, 4) is 0 Å². The van der Waals surface area contributed by atoms with E-state index in [4.69, 9.17) is 16.7 Å². The Balaban J connectivity index is 2.84. The van der Waals surface area contributed by atoms with Crippen LogP contribution in [0.1, 0.15) is 15.9 Å². The smallest absolute Gasteiger partial charge is 0.330 e. The highest BCUT2D eigenvalue weighted by atomic mass is 35.5. The molecule has 1 aromatic carbocycles. The Bertz CT molecular complexity index is 441. The largest absolute Gasteiger partial charge is 0.467 e. The molecule has 0 aliphatic carbocycles. The maximum absolute atomic E-state index is 11.9. The molecule has 0 spiro atoms. The van der Waals surface area contributed by atoms with Crippen molar-refractivity contribution in [2.24, 2.45) is 0 Å². The molecule has 0 bridgehead atoms. The molecule has 0 saturated heterocycles. The number of hydrogen-bond acceptors (Lipinski definition) is 4. The fourth-order valence-electron chi connectivity index (χ4n) is 1.43. The molecule has 0 fully saturated rings. The van der Waals surface area contributed by atoms with E-state index in [-0.39, 0.29) is 0 Å². The van der Waals surface area contributed by atoms with E-state index in [1.165, 1.54) is 13.2 Å². The van der Waals surface area contributed by atoms with Gasteiger partial charge in [0.05, 0.1) is 13.7 Å². The number of nitrogens with one attached hydrogen (secondary N) is 1. The highest BCUT2D eigenvalue weighted by Gasteiger charge is 2.21. The number of aliphatic hydroxyl groups is 1. The van der Waals surface area contributed by atoms with Crippen molar-refractivity contribution in [2.45, 2.75) is 13.0 Å². The van der Waals surface area contributed by atoms with Gasteiger partial charge in [-0.15, -0.1) is 0 Å². The van der Waals surface area contributed by atoms with Gasteiger partial charge >= 0.3 is 5.97 Å². The number of aryl methyl sites for hydroxylation is 1. The third-order valence-electron chi connectivity index (χ3n) is 2.28. The van der Waals surface area contributed by atoms with Crippen LogP contribution in [0.2, 0.25) is 5.02 Å². The quantitative estimate of drug-likeness (QED) is 0.798. The minimum Gasteiger partial charge on any atom is -0.467 e. The summed E-state index contributed by atoms with van der Waals surface area (Å²) in [5, 5.41) is 11.8. The number of carbonyl (C=O) groups excluding carboxylic acids is 2. The first-order chi connectivity index (χ1) is 8.47. The predicted molar refractivity (Wildman–Crippen MR) is 66.5 cm³/mol. The summed E-state index contributed by atoms with van der Waals surface area (Å²) in [4.78, 5) is 23.1. The Morgan fingerprint density at radius 2 is 2.11 bits per heavy atom. The van der Waals surface area contributed by atoms with Crippen LogP contribution in [0.4, 0.5) is 0 Å². The number of halogens is 1. The first-order valence-corrected chi connectivity index (χ1v) is 5.62. The SMILES string of the molecule is COC(=O)[C@H](CO)NC(=O)c1cc(C)cc(Cl)c1. The summed E-state index contributed by atoms with van der Waals surface area (Å²) in [7, 11) is 1.18. The summed E-state index contributed by atoms with van der Waals surface area (Å²) in [5.74, 6) is -1.20. The average Bonchev–Trinajstić information content (AvgIpc) is 2.33.